The van der Waals surface area contributed by atoms with Crippen LogP contribution in [0.5, 0.6) is 11.6 Å². The predicted molar refractivity (Wildman–Crippen MR) is 128 cm³/mol. The molecule has 1 saturated heterocycles. The van der Waals surface area contributed by atoms with E-state index in [0.717, 1.165) is 35.0 Å². The molecule has 190 valence electrons. The number of pyridine rings is 2. The summed E-state index contributed by atoms with van der Waals surface area (Å²) in [6, 6.07) is 8.44. The van der Waals surface area contributed by atoms with Crippen molar-refractivity contribution in [3.8, 4) is 17.3 Å². The number of anilines is 1. The number of aromatic hydroxyl groups is 1. The molecule has 11 heteroatoms. The minimum atomic E-state index is -1.64. The first-order valence-electron chi connectivity index (χ1n) is 11.4. The van der Waals surface area contributed by atoms with Gasteiger partial charge in [0, 0.05) is 31.1 Å². The van der Waals surface area contributed by atoms with Gasteiger partial charge in [-0.3, -0.25) is 4.79 Å². The molecule has 2 aromatic carbocycles. The summed E-state index contributed by atoms with van der Waals surface area (Å²) in [5.41, 5.74) is -3.17. The van der Waals surface area contributed by atoms with Crippen LogP contribution in [0.2, 0.25) is 0 Å². The van der Waals surface area contributed by atoms with E-state index in [-0.39, 0.29) is 12.3 Å². The number of carbonyl (C=O) groups is 1. The Hall–Kier alpha value is -4.54. The summed E-state index contributed by atoms with van der Waals surface area (Å²) < 4.78 is 52.9. The summed E-state index contributed by atoms with van der Waals surface area (Å²) >= 11 is 0. The summed E-state index contributed by atoms with van der Waals surface area (Å²) in [7, 11) is 0. The van der Waals surface area contributed by atoms with E-state index in [9.17, 15) is 24.2 Å². The molecule has 1 aliphatic rings. The van der Waals surface area contributed by atoms with Gasteiger partial charge in [-0.05, 0) is 37.1 Å². The highest BCUT2D eigenvalue weighted by Gasteiger charge is 2.32. The average Bonchev–Trinajstić information content (AvgIpc) is 3.32. The predicted octanol–water partition coefficient (Wildman–Crippen LogP) is 4.25. The minimum Gasteiger partial charge on any atom is -0.508 e. The lowest BCUT2D eigenvalue weighted by atomic mass is 10.1. The molecular formula is C26H20F3N3O5. The summed E-state index contributed by atoms with van der Waals surface area (Å²) in [5, 5.41) is 18.5. The Morgan fingerprint density at radius 3 is 2.65 bits per heavy atom. The van der Waals surface area contributed by atoms with Gasteiger partial charge in [-0.25, -0.2) is 22.9 Å². The van der Waals surface area contributed by atoms with Crippen molar-refractivity contribution in [3.63, 3.8) is 0 Å². The van der Waals surface area contributed by atoms with E-state index in [1.807, 2.05) is 0 Å². The quantitative estimate of drug-likeness (QED) is 0.399. The third kappa shape index (κ3) is 4.32. The maximum Gasteiger partial charge on any atom is 0.341 e. The van der Waals surface area contributed by atoms with E-state index in [4.69, 9.17) is 4.74 Å². The van der Waals surface area contributed by atoms with E-state index >= 15 is 8.78 Å². The molecule has 2 aromatic heterocycles. The topological polar surface area (TPSA) is 105 Å². The molecule has 37 heavy (non-hydrogen) atoms. The number of ether oxygens (including phenoxy) is 1. The van der Waals surface area contributed by atoms with Gasteiger partial charge in [0.05, 0.1) is 22.6 Å². The SMILES string of the molecule is O=C(O)c1cn(-c2ccc(O)cc2F)c2c(F)c(N3CCC[C@@H]3COc3ccccn3)c(F)cc2c1=O. The number of hydrogen-bond acceptors (Lipinski definition) is 6. The Labute approximate surface area is 207 Å². The number of nitrogens with zero attached hydrogens (tertiary/aromatic N) is 3. The highest BCUT2D eigenvalue weighted by Crippen LogP contribution is 2.36. The van der Waals surface area contributed by atoms with Gasteiger partial charge in [-0.1, -0.05) is 6.07 Å². The van der Waals surface area contributed by atoms with Crippen molar-refractivity contribution >= 4 is 22.6 Å². The monoisotopic (exact) mass is 511 g/mol. The Morgan fingerprint density at radius 2 is 1.95 bits per heavy atom. The molecule has 0 bridgehead atoms. The van der Waals surface area contributed by atoms with Crippen LogP contribution in [0.4, 0.5) is 18.9 Å². The number of hydrogen-bond donors (Lipinski definition) is 2. The van der Waals surface area contributed by atoms with Gasteiger partial charge in [-0.2, -0.15) is 0 Å². The molecular weight excluding hydrogens is 491 g/mol. The zero-order valence-corrected chi connectivity index (χ0v) is 19.2. The average molecular weight is 511 g/mol. The highest BCUT2D eigenvalue weighted by molar-refractivity contribution is 5.94. The molecule has 0 aliphatic carbocycles. The zero-order valence-electron chi connectivity index (χ0n) is 19.2. The number of carboxylic acid groups (broad SMARTS) is 1. The van der Waals surface area contributed by atoms with E-state index < -0.39 is 62.8 Å². The molecule has 3 heterocycles. The highest BCUT2D eigenvalue weighted by atomic mass is 19.1. The largest absolute Gasteiger partial charge is 0.508 e. The maximum absolute atomic E-state index is 16.2. The van der Waals surface area contributed by atoms with Gasteiger partial charge >= 0.3 is 5.97 Å². The summed E-state index contributed by atoms with van der Waals surface area (Å²) in [5.74, 6) is -4.92. The number of halogens is 3. The Bertz CT molecular complexity index is 1580. The molecule has 0 spiro atoms. The number of phenolic OH excluding ortho intramolecular Hbond substituents is 1. The summed E-state index contributed by atoms with van der Waals surface area (Å²) in [6.45, 7) is 0.381. The number of fused-ring (bicyclic) bond motifs is 1. The van der Waals surface area contributed by atoms with Crippen molar-refractivity contribution in [2.75, 3.05) is 18.1 Å². The van der Waals surface area contributed by atoms with Gasteiger partial charge < -0.3 is 24.4 Å². The van der Waals surface area contributed by atoms with Crippen molar-refractivity contribution in [1.29, 1.82) is 0 Å². The van der Waals surface area contributed by atoms with Crippen molar-refractivity contribution in [3.05, 3.63) is 88.1 Å². The Morgan fingerprint density at radius 1 is 1.14 bits per heavy atom. The first kappa shape index (κ1) is 24.2. The molecule has 0 radical (unpaired) electrons. The van der Waals surface area contributed by atoms with Crippen LogP contribution in [-0.2, 0) is 0 Å². The smallest absolute Gasteiger partial charge is 0.341 e. The zero-order chi connectivity index (χ0) is 26.3. The fraction of sp³-hybridized carbons (Fsp3) is 0.192. The first-order valence-corrected chi connectivity index (χ1v) is 11.4. The molecule has 1 atom stereocenters. The summed E-state index contributed by atoms with van der Waals surface area (Å²) in [6.07, 6.45) is 3.53. The third-order valence-corrected chi connectivity index (χ3v) is 6.30. The Kier molecular flexibility index (Phi) is 6.20. The van der Waals surface area contributed by atoms with Gasteiger partial charge in [0.2, 0.25) is 11.3 Å². The standard InChI is InChI=1S/C26H20F3N3O5/c27-18-10-15(33)6-7-20(18)32-12-17(26(35)36)25(34)16-11-19(28)24(22(29)23(16)32)31-9-3-4-14(31)13-37-21-5-1-2-8-30-21/h1-2,5-8,10-12,14,33H,3-4,9,13H2,(H,35,36)/t14-/m1/s1. The van der Waals surface area contributed by atoms with E-state index in [1.54, 1.807) is 24.4 Å². The van der Waals surface area contributed by atoms with Gasteiger partial charge in [0.1, 0.15) is 29.4 Å². The molecule has 0 unspecified atom stereocenters. The summed E-state index contributed by atoms with van der Waals surface area (Å²) in [4.78, 5) is 30.1. The van der Waals surface area contributed by atoms with E-state index in [1.165, 1.54) is 4.90 Å². The molecule has 1 fully saturated rings. The lowest BCUT2D eigenvalue weighted by Gasteiger charge is -2.28. The van der Waals surface area contributed by atoms with Crippen LogP contribution < -0.4 is 15.1 Å². The molecule has 0 amide bonds. The van der Waals surface area contributed by atoms with Crippen LogP contribution in [0.25, 0.3) is 16.6 Å². The van der Waals surface area contributed by atoms with Crippen LogP contribution in [-0.4, -0.2) is 44.9 Å². The molecule has 4 aromatic rings. The van der Waals surface area contributed by atoms with Gasteiger partial charge in [0.15, 0.2) is 11.6 Å². The van der Waals surface area contributed by atoms with Crippen LogP contribution in [0.3, 0.4) is 0 Å². The van der Waals surface area contributed by atoms with Crippen molar-refractivity contribution in [1.82, 2.24) is 9.55 Å². The van der Waals surface area contributed by atoms with Crippen molar-refractivity contribution < 1.29 is 32.9 Å². The normalized spacial score (nSPS) is 15.3. The second kappa shape index (κ2) is 9.49. The fourth-order valence-electron chi connectivity index (χ4n) is 4.62. The maximum atomic E-state index is 16.2. The number of aromatic nitrogens is 2. The second-order valence-corrected chi connectivity index (χ2v) is 8.57. The van der Waals surface area contributed by atoms with Crippen LogP contribution in [0.1, 0.15) is 23.2 Å². The van der Waals surface area contributed by atoms with Crippen molar-refractivity contribution in [2.45, 2.75) is 18.9 Å². The molecule has 8 nitrogen and oxygen atoms in total. The second-order valence-electron chi connectivity index (χ2n) is 8.57. The van der Waals surface area contributed by atoms with E-state index in [0.29, 0.717) is 25.3 Å². The third-order valence-electron chi connectivity index (χ3n) is 6.30. The number of aromatic carboxylic acids is 1. The number of phenols is 1. The lowest BCUT2D eigenvalue weighted by Crippen LogP contribution is -2.36. The van der Waals surface area contributed by atoms with Crippen LogP contribution in [0.15, 0.2) is 59.7 Å². The molecule has 1 aliphatic heterocycles. The van der Waals surface area contributed by atoms with Crippen LogP contribution in [0, 0.1) is 17.5 Å². The number of benzene rings is 2. The minimum absolute atomic E-state index is 0.0886. The fourth-order valence-corrected chi connectivity index (χ4v) is 4.62. The first-order chi connectivity index (χ1) is 17.8. The van der Waals surface area contributed by atoms with Gasteiger partial charge in [0.25, 0.3) is 0 Å². The molecule has 5 rings (SSSR count). The number of carboxylic acids is 1. The molecule has 2 N–H and O–H groups in total. The van der Waals surface area contributed by atoms with E-state index in [2.05, 4.69) is 4.98 Å². The van der Waals surface area contributed by atoms with Crippen molar-refractivity contribution in [2.24, 2.45) is 0 Å². The van der Waals surface area contributed by atoms with Gasteiger partial charge in [-0.15, -0.1) is 0 Å². The van der Waals surface area contributed by atoms with Crippen LogP contribution >= 0.6 is 0 Å². The number of rotatable bonds is 6. The lowest BCUT2D eigenvalue weighted by molar-refractivity contribution is 0.0695. The molecule has 0 saturated carbocycles. The Balaban J connectivity index is 1.68.